The minimum absolute atomic E-state index is 0.191. The van der Waals surface area contributed by atoms with Gasteiger partial charge in [-0.05, 0) is 29.5 Å². The van der Waals surface area contributed by atoms with Crippen LogP contribution in [0.2, 0.25) is 0 Å². The summed E-state index contributed by atoms with van der Waals surface area (Å²) < 4.78 is 0. The molecular formula is C11H10N6O. The third kappa shape index (κ3) is 1.81. The Kier molecular flexibility index (Phi) is 2.30. The standard InChI is InChI=1S/C11H10N6O/c1-17-15-11(14-16-17)13-10(18)8-2-3-9-7(6-8)4-5-12-9/h2-6,12H,1H3,(H,13,15,18). The van der Waals surface area contributed by atoms with E-state index >= 15 is 0 Å². The van der Waals surface area contributed by atoms with Gasteiger partial charge in [0.2, 0.25) is 0 Å². The molecule has 0 atom stereocenters. The van der Waals surface area contributed by atoms with Crippen molar-refractivity contribution in [2.24, 2.45) is 7.05 Å². The molecule has 0 aliphatic rings. The first kappa shape index (κ1) is 10.5. The number of nitrogens with zero attached hydrogens (tertiary/aromatic N) is 4. The van der Waals surface area contributed by atoms with Crippen molar-refractivity contribution in [3.8, 4) is 0 Å². The van der Waals surface area contributed by atoms with Gasteiger partial charge in [0.25, 0.3) is 11.9 Å². The molecule has 2 heterocycles. The number of aromatic amines is 1. The lowest BCUT2D eigenvalue weighted by Crippen LogP contribution is -2.13. The summed E-state index contributed by atoms with van der Waals surface area (Å²) in [6.45, 7) is 0. The molecule has 18 heavy (non-hydrogen) atoms. The third-order valence-corrected chi connectivity index (χ3v) is 2.55. The third-order valence-electron chi connectivity index (χ3n) is 2.55. The molecule has 90 valence electrons. The van der Waals surface area contributed by atoms with E-state index in [0.717, 1.165) is 10.9 Å². The number of tetrazole rings is 1. The zero-order valence-electron chi connectivity index (χ0n) is 9.58. The number of carbonyl (C=O) groups excluding carboxylic acids is 1. The molecule has 7 nitrogen and oxygen atoms in total. The van der Waals surface area contributed by atoms with Gasteiger partial charge in [0.05, 0.1) is 7.05 Å². The SMILES string of the molecule is Cn1nnc(NC(=O)c2ccc3[nH]ccc3c2)n1. The smallest absolute Gasteiger partial charge is 0.270 e. The normalized spacial score (nSPS) is 10.7. The predicted octanol–water partition coefficient (Wildman–Crippen LogP) is 0.944. The fourth-order valence-electron chi connectivity index (χ4n) is 1.70. The summed E-state index contributed by atoms with van der Waals surface area (Å²) in [5.41, 5.74) is 1.54. The van der Waals surface area contributed by atoms with Crippen LogP contribution in [0.1, 0.15) is 10.4 Å². The van der Waals surface area contributed by atoms with Gasteiger partial charge < -0.3 is 4.98 Å². The lowest BCUT2D eigenvalue weighted by Gasteiger charge is -2.00. The van der Waals surface area contributed by atoms with Crippen LogP contribution in [0.3, 0.4) is 0 Å². The molecule has 0 bridgehead atoms. The van der Waals surface area contributed by atoms with Gasteiger partial charge in [-0.15, -0.1) is 5.10 Å². The maximum absolute atomic E-state index is 12.0. The van der Waals surface area contributed by atoms with E-state index < -0.39 is 0 Å². The number of rotatable bonds is 2. The summed E-state index contributed by atoms with van der Waals surface area (Å²) in [4.78, 5) is 16.3. The molecule has 7 heteroatoms. The number of fused-ring (bicyclic) bond motifs is 1. The second-order valence-electron chi connectivity index (χ2n) is 3.84. The molecule has 0 saturated carbocycles. The van der Waals surface area contributed by atoms with Gasteiger partial charge >= 0.3 is 0 Å². The highest BCUT2D eigenvalue weighted by Gasteiger charge is 2.09. The number of carbonyl (C=O) groups is 1. The molecule has 0 aliphatic heterocycles. The van der Waals surface area contributed by atoms with Gasteiger partial charge in [0.1, 0.15) is 0 Å². The minimum atomic E-state index is -0.258. The molecule has 0 radical (unpaired) electrons. The van der Waals surface area contributed by atoms with Crippen molar-refractivity contribution in [3.63, 3.8) is 0 Å². The fraction of sp³-hybridized carbons (Fsp3) is 0.0909. The molecule has 0 aliphatic carbocycles. The average molecular weight is 242 g/mol. The number of benzene rings is 1. The number of H-pyrrole nitrogens is 1. The van der Waals surface area contributed by atoms with Crippen LogP contribution in [0.4, 0.5) is 5.95 Å². The van der Waals surface area contributed by atoms with E-state index in [4.69, 9.17) is 0 Å². The van der Waals surface area contributed by atoms with Gasteiger partial charge in [-0.2, -0.15) is 4.80 Å². The van der Waals surface area contributed by atoms with Gasteiger partial charge in [-0.3, -0.25) is 10.1 Å². The van der Waals surface area contributed by atoms with Crippen LogP contribution in [-0.4, -0.2) is 31.1 Å². The van der Waals surface area contributed by atoms with E-state index in [0.29, 0.717) is 5.56 Å². The number of nitrogens with one attached hydrogen (secondary N) is 2. The van der Waals surface area contributed by atoms with Crippen molar-refractivity contribution in [2.75, 3.05) is 5.32 Å². The van der Waals surface area contributed by atoms with Gasteiger partial charge in [0.15, 0.2) is 0 Å². The van der Waals surface area contributed by atoms with Crippen molar-refractivity contribution < 1.29 is 4.79 Å². The van der Waals surface area contributed by atoms with Gasteiger partial charge in [-0.1, -0.05) is 5.10 Å². The maximum Gasteiger partial charge on any atom is 0.270 e. The first-order valence-electron chi connectivity index (χ1n) is 5.35. The van der Waals surface area contributed by atoms with Crippen molar-refractivity contribution >= 4 is 22.8 Å². The van der Waals surface area contributed by atoms with Crippen molar-refractivity contribution in [3.05, 3.63) is 36.0 Å². The van der Waals surface area contributed by atoms with Crippen LogP contribution < -0.4 is 5.32 Å². The fourth-order valence-corrected chi connectivity index (χ4v) is 1.70. The van der Waals surface area contributed by atoms with E-state index in [1.807, 2.05) is 18.3 Å². The molecule has 0 fully saturated rings. The summed E-state index contributed by atoms with van der Waals surface area (Å²) in [6, 6.07) is 7.31. The van der Waals surface area contributed by atoms with E-state index in [1.54, 1.807) is 19.2 Å². The molecule has 3 aromatic rings. The number of aryl methyl sites for hydroxylation is 1. The second-order valence-corrected chi connectivity index (χ2v) is 3.84. The van der Waals surface area contributed by atoms with Crippen LogP contribution in [0.15, 0.2) is 30.5 Å². The highest BCUT2D eigenvalue weighted by atomic mass is 16.1. The number of hydrogen-bond acceptors (Lipinski definition) is 4. The Hall–Kier alpha value is -2.70. The number of anilines is 1. The maximum atomic E-state index is 12.0. The van der Waals surface area contributed by atoms with Gasteiger partial charge in [0, 0.05) is 22.7 Å². The highest BCUT2D eigenvalue weighted by Crippen LogP contribution is 2.14. The van der Waals surface area contributed by atoms with Crippen molar-refractivity contribution in [2.45, 2.75) is 0 Å². The Morgan fingerprint density at radius 1 is 1.39 bits per heavy atom. The zero-order chi connectivity index (χ0) is 12.5. The topological polar surface area (TPSA) is 88.5 Å². The Morgan fingerprint density at radius 2 is 2.28 bits per heavy atom. The molecule has 3 rings (SSSR count). The molecule has 2 aromatic heterocycles. The average Bonchev–Trinajstić information content (AvgIpc) is 2.96. The molecule has 0 saturated heterocycles. The molecule has 1 aromatic carbocycles. The number of amides is 1. The van der Waals surface area contributed by atoms with Crippen LogP contribution >= 0.6 is 0 Å². The quantitative estimate of drug-likeness (QED) is 0.700. The summed E-state index contributed by atoms with van der Waals surface area (Å²) in [7, 11) is 1.63. The van der Waals surface area contributed by atoms with Crippen molar-refractivity contribution in [1.29, 1.82) is 0 Å². The first-order chi connectivity index (χ1) is 8.72. The van der Waals surface area contributed by atoms with Crippen molar-refractivity contribution in [1.82, 2.24) is 25.2 Å². The van der Waals surface area contributed by atoms with Crippen LogP contribution in [-0.2, 0) is 7.05 Å². The van der Waals surface area contributed by atoms with E-state index in [2.05, 4.69) is 25.7 Å². The Morgan fingerprint density at radius 3 is 3.06 bits per heavy atom. The summed E-state index contributed by atoms with van der Waals surface area (Å²) in [5.74, 6) is -0.0669. The Bertz CT molecular complexity index is 713. The van der Waals surface area contributed by atoms with E-state index in [9.17, 15) is 4.79 Å². The Balaban J connectivity index is 1.87. The molecule has 2 N–H and O–H groups in total. The number of aromatic nitrogens is 5. The van der Waals surface area contributed by atoms with Gasteiger partial charge in [-0.25, -0.2) is 0 Å². The van der Waals surface area contributed by atoms with E-state index in [-0.39, 0.29) is 11.9 Å². The highest BCUT2D eigenvalue weighted by molar-refractivity contribution is 6.05. The summed E-state index contributed by atoms with van der Waals surface area (Å²) in [6.07, 6.45) is 1.83. The lowest BCUT2D eigenvalue weighted by molar-refractivity contribution is 0.102. The Labute approximate surface area is 102 Å². The lowest BCUT2D eigenvalue weighted by atomic mass is 10.1. The van der Waals surface area contributed by atoms with Crippen LogP contribution in [0.25, 0.3) is 10.9 Å². The van der Waals surface area contributed by atoms with E-state index in [1.165, 1.54) is 4.80 Å². The monoisotopic (exact) mass is 242 g/mol. The largest absolute Gasteiger partial charge is 0.361 e. The summed E-state index contributed by atoms with van der Waals surface area (Å²) >= 11 is 0. The molecule has 1 amide bonds. The predicted molar refractivity (Wildman–Crippen MR) is 65.0 cm³/mol. The molecule has 0 spiro atoms. The van der Waals surface area contributed by atoms with Crippen LogP contribution in [0.5, 0.6) is 0 Å². The molecule has 0 unspecified atom stereocenters. The number of hydrogen-bond donors (Lipinski definition) is 2. The second kappa shape index (κ2) is 3.95. The zero-order valence-corrected chi connectivity index (χ0v) is 9.58. The van der Waals surface area contributed by atoms with Crippen LogP contribution in [0, 0.1) is 0 Å². The molecular weight excluding hydrogens is 232 g/mol. The summed E-state index contributed by atoms with van der Waals surface area (Å²) in [5, 5.41) is 14.8. The first-order valence-corrected chi connectivity index (χ1v) is 5.35. The minimum Gasteiger partial charge on any atom is -0.361 e.